The van der Waals surface area contributed by atoms with Gasteiger partial charge in [-0.05, 0) is 24.8 Å². The van der Waals surface area contributed by atoms with Crippen LogP contribution in [0.3, 0.4) is 0 Å². The Morgan fingerprint density at radius 2 is 2.28 bits per heavy atom. The number of alkyl halides is 1. The van der Waals surface area contributed by atoms with Crippen molar-refractivity contribution < 1.29 is 0 Å². The smallest absolute Gasteiger partial charge is 0.154 e. The molecule has 98 valence electrons. The van der Waals surface area contributed by atoms with E-state index in [2.05, 4.69) is 22.2 Å². The largest absolute Gasteiger partial charge is 0.368 e. The van der Waals surface area contributed by atoms with E-state index in [1.807, 2.05) is 30.2 Å². The van der Waals surface area contributed by atoms with E-state index < -0.39 is 0 Å². The van der Waals surface area contributed by atoms with Gasteiger partial charge >= 0.3 is 0 Å². The van der Waals surface area contributed by atoms with Gasteiger partial charge in [0.25, 0.3) is 0 Å². The predicted molar refractivity (Wildman–Crippen MR) is 76.1 cm³/mol. The SMILES string of the molecule is CC(CCl)CCCNc1nccc2c1ncn2C. The summed E-state index contributed by atoms with van der Waals surface area (Å²) in [6.45, 7) is 3.08. The molecule has 1 unspecified atom stereocenters. The molecular formula is C13H19ClN4. The second-order valence-corrected chi connectivity index (χ2v) is 5.02. The van der Waals surface area contributed by atoms with Crippen molar-refractivity contribution in [2.45, 2.75) is 19.8 Å². The van der Waals surface area contributed by atoms with Crippen molar-refractivity contribution in [3.05, 3.63) is 18.6 Å². The first kappa shape index (κ1) is 13.1. The van der Waals surface area contributed by atoms with E-state index in [1.54, 1.807) is 0 Å². The summed E-state index contributed by atoms with van der Waals surface area (Å²) in [5, 5.41) is 3.35. The Balaban J connectivity index is 1.95. The van der Waals surface area contributed by atoms with E-state index in [9.17, 15) is 0 Å². The van der Waals surface area contributed by atoms with Gasteiger partial charge in [0, 0.05) is 25.7 Å². The lowest BCUT2D eigenvalue weighted by Gasteiger charge is -2.08. The highest BCUT2D eigenvalue weighted by molar-refractivity contribution is 6.18. The first-order valence-electron chi connectivity index (χ1n) is 6.28. The number of anilines is 1. The number of hydrogen-bond acceptors (Lipinski definition) is 3. The molecule has 5 heteroatoms. The van der Waals surface area contributed by atoms with E-state index in [0.717, 1.165) is 42.1 Å². The highest BCUT2D eigenvalue weighted by Crippen LogP contribution is 2.18. The molecule has 0 aliphatic heterocycles. The molecule has 18 heavy (non-hydrogen) atoms. The average Bonchev–Trinajstić information content (AvgIpc) is 2.77. The van der Waals surface area contributed by atoms with Gasteiger partial charge in [0.2, 0.25) is 0 Å². The maximum absolute atomic E-state index is 5.78. The van der Waals surface area contributed by atoms with Gasteiger partial charge in [0.1, 0.15) is 5.52 Å². The van der Waals surface area contributed by atoms with Crippen LogP contribution >= 0.6 is 11.6 Å². The standard InChI is InChI=1S/C13H19ClN4/c1-10(8-14)4-3-6-15-13-12-11(5-7-16-13)18(2)9-17-12/h5,7,9-10H,3-4,6,8H2,1-2H3,(H,15,16). The minimum Gasteiger partial charge on any atom is -0.368 e. The van der Waals surface area contributed by atoms with E-state index >= 15 is 0 Å². The minimum atomic E-state index is 0.576. The molecule has 0 bridgehead atoms. The highest BCUT2D eigenvalue weighted by atomic mass is 35.5. The van der Waals surface area contributed by atoms with E-state index in [-0.39, 0.29) is 0 Å². The number of nitrogens with zero attached hydrogens (tertiary/aromatic N) is 3. The van der Waals surface area contributed by atoms with Crippen molar-refractivity contribution in [3.63, 3.8) is 0 Å². The molecule has 0 saturated heterocycles. The monoisotopic (exact) mass is 266 g/mol. The van der Waals surface area contributed by atoms with Crippen molar-refractivity contribution in [1.82, 2.24) is 14.5 Å². The van der Waals surface area contributed by atoms with E-state index in [0.29, 0.717) is 5.92 Å². The van der Waals surface area contributed by atoms with Gasteiger partial charge in [0.15, 0.2) is 5.82 Å². The second-order valence-electron chi connectivity index (χ2n) is 4.71. The van der Waals surface area contributed by atoms with Crippen LogP contribution in [0.2, 0.25) is 0 Å². The molecule has 0 saturated carbocycles. The molecule has 0 spiro atoms. The Morgan fingerprint density at radius 3 is 3.06 bits per heavy atom. The summed E-state index contributed by atoms with van der Waals surface area (Å²) in [5.41, 5.74) is 2.03. The molecular weight excluding hydrogens is 248 g/mol. The van der Waals surface area contributed by atoms with Crippen molar-refractivity contribution in [3.8, 4) is 0 Å². The number of fused-ring (bicyclic) bond motifs is 1. The van der Waals surface area contributed by atoms with Crippen LogP contribution in [0.1, 0.15) is 19.8 Å². The molecule has 4 nitrogen and oxygen atoms in total. The predicted octanol–water partition coefficient (Wildman–Crippen LogP) is 3.04. The fraction of sp³-hybridized carbons (Fsp3) is 0.538. The normalized spacial score (nSPS) is 12.8. The lowest BCUT2D eigenvalue weighted by molar-refractivity contribution is 0.572. The number of pyridine rings is 1. The van der Waals surface area contributed by atoms with Gasteiger partial charge < -0.3 is 9.88 Å². The van der Waals surface area contributed by atoms with Crippen LogP contribution in [0, 0.1) is 5.92 Å². The molecule has 0 fully saturated rings. The van der Waals surface area contributed by atoms with Gasteiger partial charge in [-0.1, -0.05) is 6.92 Å². The Bertz CT molecular complexity index is 509. The summed E-state index contributed by atoms with van der Waals surface area (Å²) in [5.74, 6) is 2.17. The summed E-state index contributed by atoms with van der Waals surface area (Å²) in [4.78, 5) is 8.71. The Hall–Kier alpha value is -1.29. The average molecular weight is 267 g/mol. The first-order valence-corrected chi connectivity index (χ1v) is 6.81. The first-order chi connectivity index (χ1) is 8.72. The van der Waals surface area contributed by atoms with Crippen molar-refractivity contribution in [2.75, 3.05) is 17.7 Å². The van der Waals surface area contributed by atoms with Crippen LogP contribution < -0.4 is 5.32 Å². The number of aryl methyl sites for hydroxylation is 1. The number of nitrogens with one attached hydrogen (secondary N) is 1. The zero-order chi connectivity index (χ0) is 13.0. The summed E-state index contributed by atoms with van der Waals surface area (Å²) in [6.07, 6.45) is 5.86. The molecule has 2 aromatic rings. The molecule has 0 aromatic carbocycles. The highest BCUT2D eigenvalue weighted by Gasteiger charge is 2.06. The van der Waals surface area contributed by atoms with E-state index in [1.165, 1.54) is 0 Å². The summed E-state index contributed by atoms with van der Waals surface area (Å²) in [7, 11) is 1.99. The fourth-order valence-corrected chi connectivity index (χ4v) is 2.08. The molecule has 0 aliphatic carbocycles. The molecule has 1 atom stereocenters. The Labute approximate surface area is 112 Å². The quantitative estimate of drug-likeness (QED) is 0.646. The number of hydrogen-bond donors (Lipinski definition) is 1. The maximum atomic E-state index is 5.78. The van der Waals surface area contributed by atoms with Gasteiger partial charge in [-0.2, -0.15) is 0 Å². The minimum absolute atomic E-state index is 0.576. The number of rotatable bonds is 6. The Morgan fingerprint density at radius 1 is 1.44 bits per heavy atom. The van der Waals surface area contributed by atoms with Crippen LogP contribution in [-0.4, -0.2) is 27.0 Å². The molecule has 0 radical (unpaired) electrons. The maximum Gasteiger partial charge on any atom is 0.154 e. The molecule has 2 heterocycles. The van der Waals surface area contributed by atoms with Crippen molar-refractivity contribution in [1.29, 1.82) is 0 Å². The van der Waals surface area contributed by atoms with Gasteiger partial charge in [-0.3, -0.25) is 0 Å². The van der Waals surface area contributed by atoms with Crippen LogP contribution in [0.5, 0.6) is 0 Å². The Kier molecular flexibility index (Phi) is 4.42. The zero-order valence-corrected chi connectivity index (χ0v) is 11.6. The van der Waals surface area contributed by atoms with Crippen molar-refractivity contribution in [2.24, 2.45) is 13.0 Å². The third-order valence-electron chi connectivity index (χ3n) is 3.07. The third kappa shape index (κ3) is 2.93. The number of aromatic nitrogens is 3. The molecule has 1 N–H and O–H groups in total. The molecule has 0 amide bonds. The summed E-state index contributed by atoms with van der Waals surface area (Å²) >= 11 is 5.78. The zero-order valence-electron chi connectivity index (χ0n) is 10.9. The van der Waals surface area contributed by atoms with Crippen LogP contribution in [0.25, 0.3) is 11.0 Å². The van der Waals surface area contributed by atoms with Crippen molar-refractivity contribution >= 4 is 28.5 Å². The molecule has 2 rings (SSSR count). The van der Waals surface area contributed by atoms with Gasteiger partial charge in [-0.15, -0.1) is 11.6 Å². The van der Waals surface area contributed by atoms with E-state index in [4.69, 9.17) is 11.6 Å². The van der Waals surface area contributed by atoms with Crippen LogP contribution in [-0.2, 0) is 7.05 Å². The van der Waals surface area contributed by atoms with Crippen LogP contribution in [0.15, 0.2) is 18.6 Å². The van der Waals surface area contributed by atoms with Crippen LogP contribution in [0.4, 0.5) is 5.82 Å². The molecule has 0 aliphatic rings. The van der Waals surface area contributed by atoms with Gasteiger partial charge in [-0.25, -0.2) is 9.97 Å². The fourth-order valence-electron chi connectivity index (χ4n) is 1.93. The summed E-state index contributed by atoms with van der Waals surface area (Å²) < 4.78 is 2.00. The lowest BCUT2D eigenvalue weighted by atomic mass is 10.1. The number of halogens is 1. The summed E-state index contributed by atoms with van der Waals surface area (Å²) in [6, 6.07) is 1.98. The third-order valence-corrected chi connectivity index (χ3v) is 3.60. The number of imidazole rings is 1. The topological polar surface area (TPSA) is 42.7 Å². The lowest BCUT2D eigenvalue weighted by Crippen LogP contribution is -2.06. The molecule has 2 aromatic heterocycles. The van der Waals surface area contributed by atoms with Gasteiger partial charge in [0.05, 0.1) is 11.8 Å². The second kappa shape index (κ2) is 6.05.